The molecule has 0 spiro atoms. The van der Waals surface area contributed by atoms with Crippen LogP contribution in [0.4, 0.5) is 4.39 Å². The highest BCUT2D eigenvalue weighted by molar-refractivity contribution is 6.84. The zero-order chi connectivity index (χ0) is 16.5. The fraction of sp³-hybridized carbons (Fsp3) is 1.00. The van der Waals surface area contributed by atoms with Crippen molar-refractivity contribution in [3.8, 4) is 0 Å². The number of alkyl halides is 1. The smallest absolute Gasteiger partial charge is 0.102 e. The van der Waals surface area contributed by atoms with Gasteiger partial charge in [-0.05, 0) is 23.0 Å². The highest BCUT2D eigenvalue weighted by atomic mass is 28.3. The Morgan fingerprint density at radius 1 is 0.667 bits per heavy atom. The van der Waals surface area contributed by atoms with Crippen molar-refractivity contribution >= 4 is 8.07 Å². The zero-order valence-corrected chi connectivity index (χ0v) is 16.8. The Bertz CT molecular complexity index is 226. The van der Waals surface area contributed by atoms with Gasteiger partial charge < -0.3 is 0 Å². The Morgan fingerprint density at radius 2 is 1.05 bits per heavy atom. The number of halogens is 1. The maximum Gasteiger partial charge on any atom is 0.102 e. The van der Waals surface area contributed by atoms with Crippen molar-refractivity contribution in [3.63, 3.8) is 0 Å². The summed E-state index contributed by atoms with van der Waals surface area (Å²) in [6.07, 6.45) is 9.79. The molecule has 0 heterocycles. The van der Waals surface area contributed by atoms with Crippen LogP contribution in [-0.2, 0) is 0 Å². The summed E-state index contributed by atoms with van der Waals surface area (Å²) in [5.74, 6) is -0.520. The van der Waals surface area contributed by atoms with E-state index in [1.54, 1.807) is 0 Å². The van der Waals surface area contributed by atoms with Gasteiger partial charge in [-0.1, -0.05) is 93.4 Å². The number of rotatable bonds is 12. The van der Waals surface area contributed by atoms with E-state index < -0.39 is 13.9 Å². The van der Waals surface area contributed by atoms with E-state index in [0.717, 1.165) is 12.8 Å². The number of hydrogen-bond acceptors (Lipinski definition) is 0. The second kappa shape index (κ2) is 10.8. The van der Waals surface area contributed by atoms with E-state index in [1.165, 1.54) is 38.5 Å². The van der Waals surface area contributed by atoms with Crippen molar-refractivity contribution in [1.29, 1.82) is 0 Å². The number of unbranched alkanes of at least 4 members (excludes halogenated alkanes) is 6. The van der Waals surface area contributed by atoms with E-state index in [9.17, 15) is 0 Å². The molecule has 2 heteroatoms. The molecule has 0 nitrogen and oxygen atoms in total. The minimum atomic E-state index is -1.88. The van der Waals surface area contributed by atoms with E-state index in [0.29, 0.717) is 16.6 Å². The third-order valence-corrected chi connectivity index (χ3v) is 13.0. The lowest BCUT2D eigenvalue weighted by atomic mass is 10.1. The lowest BCUT2D eigenvalue weighted by Crippen LogP contribution is -2.53. The first kappa shape index (κ1) is 21.1. The summed E-state index contributed by atoms with van der Waals surface area (Å²) in [4.78, 5) is 0. The quantitative estimate of drug-likeness (QED) is 0.256. The van der Waals surface area contributed by atoms with Gasteiger partial charge in [0.1, 0.15) is 8.07 Å². The van der Waals surface area contributed by atoms with Gasteiger partial charge in [0.05, 0.1) is 5.79 Å². The summed E-state index contributed by atoms with van der Waals surface area (Å²) in [5, 5.41) is 0. The molecule has 0 aliphatic heterocycles. The number of hydrogen-bond donors (Lipinski definition) is 0. The average molecular weight is 317 g/mol. The predicted octanol–water partition coefficient (Wildman–Crippen LogP) is 7.68. The van der Waals surface area contributed by atoms with Gasteiger partial charge in [0.15, 0.2) is 0 Å². The molecule has 21 heavy (non-hydrogen) atoms. The van der Waals surface area contributed by atoms with Crippen LogP contribution < -0.4 is 0 Å². The van der Waals surface area contributed by atoms with Gasteiger partial charge in [0, 0.05) is 0 Å². The Kier molecular flexibility index (Phi) is 10.9. The Balaban J connectivity index is 4.34. The minimum absolute atomic E-state index is 0.520. The molecule has 0 rings (SSSR count). The fourth-order valence-corrected chi connectivity index (χ4v) is 11.5. The second-order valence-corrected chi connectivity index (χ2v) is 13.9. The fourth-order valence-electron chi connectivity index (χ4n) is 4.62. The molecule has 0 aromatic heterocycles. The molecule has 0 saturated carbocycles. The maximum absolute atomic E-state index is 15.2. The first-order valence-corrected chi connectivity index (χ1v) is 11.8. The Labute approximate surface area is 135 Å². The van der Waals surface area contributed by atoms with E-state index in [4.69, 9.17) is 0 Å². The molecule has 128 valence electrons. The van der Waals surface area contributed by atoms with Crippen LogP contribution in [0.25, 0.3) is 0 Å². The van der Waals surface area contributed by atoms with Gasteiger partial charge >= 0.3 is 0 Å². The third kappa shape index (κ3) is 6.04. The summed E-state index contributed by atoms with van der Waals surface area (Å²) in [7, 11) is -1.88. The molecule has 0 N–H and O–H groups in total. The largest absolute Gasteiger partial charge is 0.251 e. The van der Waals surface area contributed by atoms with E-state index in [-0.39, 0.29) is 0 Å². The van der Waals surface area contributed by atoms with Crippen LogP contribution in [0.5, 0.6) is 0 Å². The molecule has 0 aliphatic rings. The van der Waals surface area contributed by atoms with Crippen molar-refractivity contribution in [2.45, 2.75) is 122 Å². The van der Waals surface area contributed by atoms with Gasteiger partial charge in [-0.3, -0.25) is 4.39 Å². The van der Waals surface area contributed by atoms with Crippen LogP contribution in [0.1, 0.15) is 99.8 Å². The monoisotopic (exact) mass is 316 g/mol. The summed E-state index contributed by atoms with van der Waals surface area (Å²) in [6, 6.07) is 0. The molecule has 0 aromatic rings. The molecule has 1 unspecified atom stereocenters. The molecule has 1 atom stereocenters. The summed E-state index contributed by atoms with van der Waals surface area (Å²) < 4.78 is 15.2. The van der Waals surface area contributed by atoms with Gasteiger partial charge in [0.25, 0.3) is 0 Å². The minimum Gasteiger partial charge on any atom is -0.251 e. The predicted molar refractivity (Wildman–Crippen MR) is 98.6 cm³/mol. The standard InChI is InChI=1S/C19H41FSi/c1-8-9-10-11-12-13-14-15-19(20)21(16(2)3,17(4)5)18(6)7/h16-19H,8-15H2,1-7H3. The average Bonchev–Trinajstić information content (AvgIpc) is 2.36. The van der Waals surface area contributed by atoms with Crippen molar-refractivity contribution < 1.29 is 4.39 Å². The summed E-state index contributed by atoms with van der Waals surface area (Å²) in [6.45, 7) is 15.9. The topological polar surface area (TPSA) is 0 Å². The third-order valence-electron chi connectivity index (χ3n) is 5.60. The molecule has 0 fully saturated rings. The van der Waals surface area contributed by atoms with Crippen molar-refractivity contribution in [3.05, 3.63) is 0 Å². The van der Waals surface area contributed by atoms with Gasteiger partial charge in [0.2, 0.25) is 0 Å². The van der Waals surface area contributed by atoms with Crippen molar-refractivity contribution in [1.82, 2.24) is 0 Å². The second-order valence-electron chi connectivity index (χ2n) is 7.84. The van der Waals surface area contributed by atoms with Crippen LogP contribution in [-0.4, -0.2) is 13.9 Å². The first-order chi connectivity index (χ1) is 9.81. The summed E-state index contributed by atoms with van der Waals surface area (Å²) in [5.41, 5.74) is 1.62. The normalized spacial score (nSPS) is 14.4. The Morgan fingerprint density at radius 3 is 1.43 bits per heavy atom. The maximum atomic E-state index is 15.2. The zero-order valence-electron chi connectivity index (χ0n) is 15.8. The van der Waals surface area contributed by atoms with Crippen LogP contribution >= 0.6 is 0 Å². The molecule has 0 aromatic carbocycles. The highest BCUT2D eigenvalue weighted by Crippen LogP contribution is 2.46. The van der Waals surface area contributed by atoms with Crippen molar-refractivity contribution in [2.75, 3.05) is 0 Å². The van der Waals surface area contributed by atoms with Crippen molar-refractivity contribution in [2.24, 2.45) is 0 Å². The SMILES string of the molecule is CCCCCCCCCC(F)[Si](C(C)C)(C(C)C)C(C)C. The van der Waals surface area contributed by atoms with Crippen LogP contribution in [0.15, 0.2) is 0 Å². The molecule has 0 amide bonds. The van der Waals surface area contributed by atoms with Crippen LogP contribution in [0, 0.1) is 0 Å². The summed E-state index contributed by atoms with van der Waals surface area (Å²) >= 11 is 0. The highest BCUT2D eigenvalue weighted by Gasteiger charge is 2.49. The van der Waals surface area contributed by atoms with Gasteiger partial charge in [-0.25, -0.2) is 0 Å². The van der Waals surface area contributed by atoms with Gasteiger partial charge in [-0.15, -0.1) is 0 Å². The molecular formula is C19H41FSi. The molecule has 0 bridgehead atoms. The van der Waals surface area contributed by atoms with E-state index >= 15 is 4.39 Å². The lowest BCUT2D eigenvalue weighted by molar-refractivity contribution is 0.371. The van der Waals surface area contributed by atoms with Gasteiger partial charge in [-0.2, -0.15) is 0 Å². The van der Waals surface area contributed by atoms with E-state index in [2.05, 4.69) is 48.5 Å². The molecule has 0 saturated heterocycles. The molecule has 0 radical (unpaired) electrons. The lowest BCUT2D eigenvalue weighted by Gasteiger charge is -2.45. The Hall–Kier alpha value is 0.147. The molecule has 0 aliphatic carbocycles. The molecular weight excluding hydrogens is 275 g/mol. The van der Waals surface area contributed by atoms with Crippen LogP contribution in [0.3, 0.4) is 0 Å². The van der Waals surface area contributed by atoms with Crippen LogP contribution in [0.2, 0.25) is 16.6 Å². The van der Waals surface area contributed by atoms with E-state index in [1.807, 2.05) is 0 Å². The first-order valence-electron chi connectivity index (χ1n) is 9.45.